The van der Waals surface area contributed by atoms with Crippen molar-refractivity contribution in [3.63, 3.8) is 0 Å². The van der Waals surface area contributed by atoms with Gasteiger partial charge in [0.15, 0.2) is 0 Å². The first kappa shape index (κ1) is 12.6. The second-order valence-electron chi connectivity index (χ2n) is 3.88. The van der Waals surface area contributed by atoms with Crippen LogP contribution in [0.15, 0.2) is 23.6 Å². The van der Waals surface area contributed by atoms with Gasteiger partial charge in [-0.2, -0.15) is 0 Å². The number of hydrogen-bond acceptors (Lipinski definition) is 4. The Balaban J connectivity index is 2.31. The lowest BCUT2D eigenvalue weighted by Gasteiger charge is -2.05. The quantitative estimate of drug-likeness (QED) is 0.921. The molecule has 0 atom stereocenters. The van der Waals surface area contributed by atoms with Gasteiger partial charge < -0.3 is 9.84 Å². The maximum absolute atomic E-state index is 10.6. The molecule has 2 aromatic rings. The summed E-state index contributed by atoms with van der Waals surface area (Å²) in [6.07, 6.45) is -0.0279. The number of aromatic nitrogens is 1. The molecule has 2 rings (SSSR count). The zero-order valence-corrected chi connectivity index (χ0v) is 11.0. The summed E-state index contributed by atoms with van der Waals surface area (Å²) in [5, 5.41) is 11.2. The van der Waals surface area contributed by atoms with Crippen LogP contribution in [0.2, 0.25) is 0 Å². The second-order valence-corrected chi connectivity index (χ2v) is 4.82. The van der Waals surface area contributed by atoms with Crippen LogP contribution in [0.25, 0.3) is 11.3 Å². The number of benzene rings is 1. The van der Waals surface area contributed by atoms with Gasteiger partial charge in [0.1, 0.15) is 10.8 Å². The van der Waals surface area contributed by atoms with Crippen LogP contribution in [0.3, 0.4) is 0 Å². The molecule has 94 valence electrons. The Morgan fingerprint density at radius 1 is 1.50 bits per heavy atom. The van der Waals surface area contributed by atoms with E-state index in [9.17, 15) is 4.79 Å². The normalized spacial score (nSPS) is 10.3. The number of carboxylic acid groups (broad SMARTS) is 1. The number of nitrogens with zero attached hydrogens (tertiary/aromatic N) is 1. The van der Waals surface area contributed by atoms with E-state index in [0.717, 1.165) is 22.6 Å². The largest absolute Gasteiger partial charge is 0.497 e. The molecule has 0 spiro atoms. The number of carboxylic acids is 1. The first-order valence-electron chi connectivity index (χ1n) is 5.41. The highest BCUT2D eigenvalue weighted by Gasteiger charge is 2.10. The van der Waals surface area contributed by atoms with Crippen LogP contribution in [-0.4, -0.2) is 23.2 Å². The Morgan fingerprint density at radius 2 is 2.28 bits per heavy atom. The summed E-state index contributed by atoms with van der Waals surface area (Å²) < 4.78 is 5.15. The number of thiazole rings is 1. The van der Waals surface area contributed by atoms with E-state index in [0.29, 0.717) is 5.01 Å². The minimum atomic E-state index is -0.859. The minimum Gasteiger partial charge on any atom is -0.497 e. The van der Waals surface area contributed by atoms with Crippen LogP contribution >= 0.6 is 11.3 Å². The smallest absolute Gasteiger partial charge is 0.310 e. The van der Waals surface area contributed by atoms with Crippen molar-refractivity contribution in [2.75, 3.05) is 7.11 Å². The molecule has 1 heterocycles. The van der Waals surface area contributed by atoms with Crippen molar-refractivity contribution in [2.24, 2.45) is 0 Å². The SMILES string of the molecule is COc1ccc(-c2csc(CC(=O)O)n2)c(C)c1. The van der Waals surface area contributed by atoms with Gasteiger partial charge in [-0.3, -0.25) is 4.79 Å². The molecule has 0 saturated carbocycles. The Hall–Kier alpha value is -1.88. The van der Waals surface area contributed by atoms with Gasteiger partial charge in [-0.25, -0.2) is 4.98 Å². The van der Waals surface area contributed by atoms with Gasteiger partial charge in [0.25, 0.3) is 0 Å². The summed E-state index contributed by atoms with van der Waals surface area (Å²) in [7, 11) is 1.63. The third kappa shape index (κ3) is 2.68. The zero-order valence-electron chi connectivity index (χ0n) is 10.1. The number of aliphatic carboxylic acids is 1. The molecule has 1 aromatic carbocycles. The van der Waals surface area contributed by atoms with Crippen molar-refractivity contribution in [3.05, 3.63) is 34.2 Å². The van der Waals surface area contributed by atoms with Crippen molar-refractivity contribution in [2.45, 2.75) is 13.3 Å². The summed E-state index contributed by atoms with van der Waals surface area (Å²) in [5.41, 5.74) is 2.88. The van der Waals surface area contributed by atoms with Crippen molar-refractivity contribution in [1.82, 2.24) is 4.98 Å². The molecule has 0 aliphatic carbocycles. The Bertz CT molecular complexity index is 577. The van der Waals surface area contributed by atoms with Gasteiger partial charge in [0.05, 0.1) is 19.2 Å². The second kappa shape index (κ2) is 5.18. The van der Waals surface area contributed by atoms with E-state index in [1.165, 1.54) is 11.3 Å². The van der Waals surface area contributed by atoms with E-state index >= 15 is 0 Å². The Morgan fingerprint density at radius 3 is 2.89 bits per heavy atom. The lowest BCUT2D eigenvalue weighted by Crippen LogP contribution is -1.99. The lowest BCUT2D eigenvalue weighted by atomic mass is 10.1. The predicted octanol–water partition coefficient (Wildman–Crippen LogP) is 2.75. The summed E-state index contributed by atoms with van der Waals surface area (Å²) >= 11 is 1.37. The van der Waals surface area contributed by atoms with E-state index in [1.807, 2.05) is 30.5 Å². The summed E-state index contributed by atoms with van der Waals surface area (Å²) in [5.74, 6) is -0.0559. The molecule has 18 heavy (non-hydrogen) atoms. The first-order valence-corrected chi connectivity index (χ1v) is 6.29. The molecule has 0 aliphatic rings. The molecular formula is C13H13NO3S. The van der Waals surface area contributed by atoms with E-state index in [1.54, 1.807) is 7.11 Å². The minimum absolute atomic E-state index is 0.0279. The van der Waals surface area contributed by atoms with Crippen molar-refractivity contribution in [3.8, 4) is 17.0 Å². The molecule has 0 aliphatic heterocycles. The molecule has 0 bridgehead atoms. The Labute approximate surface area is 109 Å². The van der Waals surface area contributed by atoms with Crippen molar-refractivity contribution in [1.29, 1.82) is 0 Å². The molecule has 0 amide bonds. The fourth-order valence-corrected chi connectivity index (χ4v) is 2.48. The van der Waals surface area contributed by atoms with Gasteiger partial charge >= 0.3 is 5.97 Å². The van der Waals surface area contributed by atoms with Crippen LogP contribution in [0.1, 0.15) is 10.6 Å². The van der Waals surface area contributed by atoms with Crippen LogP contribution in [0.4, 0.5) is 0 Å². The molecule has 0 radical (unpaired) electrons. The molecule has 1 N–H and O–H groups in total. The molecule has 0 saturated heterocycles. The van der Waals surface area contributed by atoms with Crippen molar-refractivity contribution >= 4 is 17.3 Å². The monoisotopic (exact) mass is 263 g/mol. The number of methoxy groups -OCH3 is 1. The molecular weight excluding hydrogens is 250 g/mol. The summed E-state index contributed by atoms with van der Waals surface area (Å²) in [4.78, 5) is 14.9. The maximum atomic E-state index is 10.6. The topological polar surface area (TPSA) is 59.4 Å². The van der Waals surface area contributed by atoms with E-state index in [2.05, 4.69) is 4.98 Å². The fourth-order valence-electron chi connectivity index (χ4n) is 1.70. The van der Waals surface area contributed by atoms with Crippen LogP contribution in [-0.2, 0) is 11.2 Å². The van der Waals surface area contributed by atoms with Crippen LogP contribution in [0, 0.1) is 6.92 Å². The molecule has 0 unspecified atom stereocenters. The summed E-state index contributed by atoms with van der Waals surface area (Å²) in [6, 6.07) is 5.75. The third-order valence-corrected chi connectivity index (χ3v) is 3.41. The van der Waals surface area contributed by atoms with Crippen molar-refractivity contribution < 1.29 is 14.6 Å². The predicted molar refractivity (Wildman–Crippen MR) is 70.2 cm³/mol. The van der Waals surface area contributed by atoms with Gasteiger partial charge in [0.2, 0.25) is 0 Å². The number of ether oxygens (including phenoxy) is 1. The number of carbonyl (C=O) groups is 1. The highest BCUT2D eigenvalue weighted by molar-refractivity contribution is 7.10. The van der Waals surface area contributed by atoms with Crippen LogP contribution < -0.4 is 4.74 Å². The molecule has 5 heteroatoms. The molecule has 4 nitrogen and oxygen atoms in total. The van der Waals surface area contributed by atoms with Gasteiger partial charge in [0, 0.05) is 10.9 Å². The maximum Gasteiger partial charge on any atom is 0.310 e. The van der Waals surface area contributed by atoms with Crippen LogP contribution in [0.5, 0.6) is 5.75 Å². The standard InChI is InChI=1S/C13H13NO3S/c1-8-5-9(17-2)3-4-10(8)11-7-18-12(14-11)6-13(15)16/h3-5,7H,6H2,1-2H3,(H,15,16). The number of rotatable bonds is 4. The highest BCUT2D eigenvalue weighted by Crippen LogP contribution is 2.28. The zero-order chi connectivity index (χ0) is 13.1. The third-order valence-electron chi connectivity index (χ3n) is 2.56. The van der Waals surface area contributed by atoms with Gasteiger partial charge in [-0.15, -0.1) is 11.3 Å². The van der Waals surface area contributed by atoms with E-state index in [4.69, 9.17) is 9.84 Å². The average Bonchev–Trinajstić information content (AvgIpc) is 2.76. The highest BCUT2D eigenvalue weighted by atomic mass is 32.1. The summed E-state index contributed by atoms with van der Waals surface area (Å²) in [6.45, 7) is 1.98. The van der Waals surface area contributed by atoms with Gasteiger partial charge in [-0.1, -0.05) is 0 Å². The average molecular weight is 263 g/mol. The lowest BCUT2D eigenvalue weighted by molar-refractivity contribution is -0.136. The van der Waals surface area contributed by atoms with Gasteiger partial charge in [-0.05, 0) is 30.7 Å². The Kier molecular flexibility index (Phi) is 3.62. The van der Waals surface area contributed by atoms with E-state index in [-0.39, 0.29) is 6.42 Å². The first-order chi connectivity index (χ1) is 8.60. The fraction of sp³-hybridized carbons (Fsp3) is 0.231. The number of hydrogen-bond donors (Lipinski definition) is 1. The van der Waals surface area contributed by atoms with E-state index < -0.39 is 5.97 Å². The molecule has 0 fully saturated rings. The molecule has 1 aromatic heterocycles. The number of aryl methyl sites for hydroxylation is 1.